The lowest BCUT2D eigenvalue weighted by molar-refractivity contribution is -0.138. The van der Waals surface area contributed by atoms with E-state index in [-0.39, 0.29) is 6.03 Å². The van der Waals surface area contributed by atoms with Gasteiger partial charge in [0.05, 0.1) is 0 Å². The van der Waals surface area contributed by atoms with Gasteiger partial charge in [0.15, 0.2) is 0 Å². The number of urea groups is 1. The van der Waals surface area contributed by atoms with Gasteiger partial charge in [0, 0.05) is 13.6 Å². The highest BCUT2D eigenvalue weighted by atomic mass is 16.4. The van der Waals surface area contributed by atoms with Crippen LogP contribution >= 0.6 is 0 Å². The minimum atomic E-state index is -1.02. The molecule has 1 saturated carbocycles. The largest absolute Gasteiger partial charge is 0.480 e. The van der Waals surface area contributed by atoms with Crippen molar-refractivity contribution in [3.05, 3.63) is 0 Å². The van der Waals surface area contributed by atoms with Gasteiger partial charge in [0.2, 0.25) is 0 Å². The molecule has 0 heterocycles. The van der Waals surface area contributed by atoms with Crippen molar-refractivity contribution in [1.29, 1.82) is 0 Å². The van der Waals surface area contributed by atoms with Gasteiger partial charge in [-0.25, -0.2) is 4.79 Å². The summed E-state index contributed by atoms with van der Waals surface area (Å²) in [6.45, 7) is 2.17. The minimum Gasteiger partial charge on any atom is -0.480 e. The molecule has 1 aliphatic rings. The van der Waals surface area contributed by atoms with E-state index in [1.165, 1.54) is 24.7 Å². The third-order valence-electron chi connectivity index (χ3n) is 2.29. The fraction of sp³-hybridized carbons (Fsp3) is 0.778. The molecule has 0 radical (unpaired) electrons. The molecule has 80 valence electrons. The van der Waals surface area contributed by atoms with Gasteiger partial charge in [0.1, 0.15) is 6.04 Å². The van der Waals surface area contributed by atoms with Crippen LogP contribution in [0.3, 0.4) is 0 Å². The Morgan fingerprint density at radius 2 is 2.14 bits per heavy atom. The monoisotopic (exact) mass is 200 g/mol. The molecule has 2 N–H and O–H groups in total. The molecule has 1 aliphatic carbocycles. The number of rotatable bonds is 4. The molecule has 0 aromatic rings. The van der Waals surface area contributed by atoms with Crippen molar-refractivity contribution >= 4 is 12.0 Å². The smallest absolute Gasteiger partial charge is 0.325 e. The average molecular weight is 200 g/mol. The first-order chi connectivity index (χ1) is 6.50. The second-order valence-electron chi connectivity index (χ2n) is 3.83. The van der Waals surface area contributed by atoms with Crippen LogP contribution in [0.4, 0.5) is 4.79 Å². The van der Waals surface area contributed by atoms with E-state index in [2.05, 4.69) is 5.32 Å². The zero-order valence-electron chi connectivity index (χ0n) is 8.49. The van der Waals surface area contributed by atoms with Gasteiger partial charge in [-0.2, -0.15) is 0 Å². The van der Waals surface area contributed by atoms with E-state index < -0.39 is 12.0 Å². The molecule has 0 aromatic heterocycles. The van der Waals surface area contributed by atoms with Crippen molar-refractivity contribution in [3.8, 4) is 0 Å². The van der Waals surface area contributed by atoms with Gasteiger partial charge in [-0.05, 0) is 25.7 Å². The van der Waals surface area contributed by atoms with E-state index in [0.29, 0.717) is 5.92 Å². The van der Waals surface area contributed by atoms with Crippen LogP contribution in [0.15, 0.2) is 0 Å². The summed E-state index contributed by atoms with van der Waals surface area (Å²) in [6.07, 6.45) is 2.35. The van der Waals surface area contributed by atoms with Gasteiger partial charge in [-0.15, -0.1) is 0 Å². The Bertz CT molecular complexity index is 238. The molecule has 1 rings (SSSR count). The third kappa shape index (κ3) is 3.24. The topological polar surface area (TPSA) is 69.6 Å². The zero-order valence-corrected chi connectivity index (χ0v) is 8.49. The molecule has 0 aliphatic heterocycles. The lowest BCUT2D eigenvalue weighted by Gasteiger charge is -2.19. The van der Waals surface area contributed by atoms with E-state index in [4.69, 9.17) is 5.11 Å². The fourth-order valence-corrected chi connectivity index (χ4v) is 1.13. The Morgan fingerprint density at radius 3 is 2.57 bits per heavy atom. The Kier molecular flexibility index (Phi) is 3.33. The average Bonchev–Trinajstić information content (AvgIpc) is 2.87. The van der Waals surface area contributed by atoms with E-state index >= 15 is 0 Å². The highest BCUT2D eigenvalue weighted by Crippen LogP contribution is 2.29. The summed E-state index contributed by atoms with van der Waals surface area (Å²) < 4.78 is 0. The third-order valence-corrected chi connectivity index (χ3v) is 2.29. The first-order valence-electron chi connectivity index (χ1n) is 4.75. The molecule has 0 aromatic carbocycles. The van der Waals surface area contributed by atoms with E-state index in [1.54, 1.807) is 7.05 Å². The molecule has 1 fully saturated rings. The molecule has 5 heteroatoms. The maximum absolute atomic E-state index is 11.4. The molecular weight excluding hydrogens is 184 g/mol. The fourth-order valence-electron chi connectivity index (χ4n) is 1.13. The summed E-state index contributed by atoms with van der Waals surface area (Å²) in [7, 11) is 1.68. The summed E-state index contributed by atoms with van der Waals surface area (Å²) in [5, 5.41) is 11.0. The Morgan fingerprint density at radius 1 is 1.57 bits per heavy atom. The maximum Gasteiger partial charge on any atom is 0.325 e. The molecular formula is C9H16N2O3. The van der Waals surface area contributed by atoms with Gasteiger partial charge in [0.25, 0.3) is 0 Å². The first kappa shape index (κ1) is 10.8. The van der Waals surface area contributed by atoms with Gasteiger partial charge < -0.3 is 15.3 Å². The second-order valence-corrected chi connectivity index (χ2v) is 3.83. The van der Waals surface area contributed by atoms with Crippen LogP contribution in [-0.2, 0) is 4.79 Å². The Labute approximate surface area is 83.1 Å². The Balaban J connectivity index is 2.28. The highest BCUT2D eigenvalue weighted by Gasteiger charge is 2.25. The zero-order chi connectivity index (χ0) is 10.7. The van der Waals surface area contributed by atoms with Gasteiger partial charge >= 0.3 is 12.0 Å². The quantitative estimate of drug-likeness (QED) is 0.694. The van der Waals surface area contributed by atoms with Crippen LogP contribution in [0.5, 0.6) is 0 Å². The van der Waals surface area contributed by atoms with Crippen molar-refractivity contribution < 1.29 is 14.7 Å². The second kappa shape index (κ2) is 4.30. The summed E-state index contributed by atoms with van der Waals surface area (Å²) >= 11 is 0. The number of hydrogen-bond acceptors (Lipinski definition) is 2. The number of hydrogen-bond donors (Lipinski definition) is 2. The number of carboxylic acid groups (broad SMARTS) is 1. The van der Waals surface area contributed by atoms with E-state index in [9.17, 15) is 9.59 Å². The number of carboxylic acids is 1. The van der Waals surface area contributed by atoms with Crippen LogP contribution in [-0.4, -0.2) is 41.6 Å². The molecule has 0 saturated heterocycles. The van der Waals surface area contributed by atoms with Crippen LogP contribution in [0.25, 0.3) is 0 Å². The SMILES string of the molecule is C[C@H](NC(=O)N(C)CC1CC1)C(=O)O. The number of nitrogens with zero attached hydrogens (tertiary/aromatic N) is 1. The van der Waals surface area contributed by atoms with Crippen LogP contribution < -0.4 is 5.32 Å². The number of amides is 2. The summed E-state index contributed by atoms with van der Waals surface area (Å²) in [4.78, 5) is 23.4. The molecule has 0 unspecified atom stereocenters. The number of carbonyl (C=O) groups is 2. The van der Waals surface area contributed by atoms with Crippen molar-refractivity contribution in [3.63, 3.8) is 0 Å². The normalized spacial score (nSPS) is 17.3. The van der Waals surface area contributed by atoms with E-state index in [0.717, 1.165) is 6.54 Å². The summed E-state index contributed by atoms with van der Waals surface area (Å²) in [5.74, 6) is -0.399. The van der Waals surface area contributed by atoms with Crippen molar-refractivity contribution in [1.82, 2.24) is 10.2 Å². The molecule has 0 spiro atoms. The molecule has 2 amide bonds. The number of carbonyl (C=O) groups excluding carboxylic acids is 1. The Hall–Kier alpha value is -1.26. The van der Waals surface area contributed by atoms with Crippen molar-refractivity contribution in [2.45, 2.75) is 25.8 Å². The predicted molar refractivity (Wildman–Crippen MR) is 51.0 cm³/mol. The van der Waals surface area contributed by atoms with Crippen LogP contribution in [0.2, 0.25) is 0 Å². The van der Waals surface area contributed by atoms with E-state index in [1.807, 2.05) is 0 Å². The number of nitrogens with one attached hydrogen (secondary N) is 1. The standard InChI is InChI=1S/C9H16N2O3/c1-6(8(12)13)10-9(14)11(2)5-7-3-4-7/h6-7H,3-5H2,1-2H3,(H,10,14)(H,12,13)/t6-/m0/s1. The first-order valence-corrected chi connectivity index (χ1v) is 4.75. The maximum atomic E-state index is 11.4. The van der Waals surface area contributed by atoms with Gasteiger partial charge in [-0.1, -0.05) is 0 Å². The van der Waals surface area contributed by atoms with Crippen LogP contribution in [0, 0.1) is 5.92 Å². The number of aliphatic carboxylic acids is 1. The summed E-state index contributed by atoms with van der Waals surface area (Å²) in [6, 6.07) is -1.14. The molecule has 1 atom stereocenters. The molecule has 14 heavy (non-hydrogen) atoms. The molecule has 5 nitrogen and oxygen atoms in total. The van der Waals surface area contributed by atoms with Crippen molar-refractivity contribution in [2.75, 3.05) is 13.6 Å². The highest BCUT2D eigenvalue weighted by molar-refractivity contribution is 5.82. The van der Waals surface area contributed by atoms with Gasteiger partial charge in [-0.3, -0.25) is 4.79 Å². The minimum absolute atomic E-state index is 0.313. The molecule has 0 bridgehead atoms. The lowest BCUT2D eigenvalue weighted by atomic mass is 10.3. The van der Waals surface area contributed by atoms with Crippen molar-refractivity contribution in [2.24, 2.45) is 5.92 Å². The summed E-state index contributed by atoms with van der Waals surface area (Å²) in [5.41, 5.74) is 0. The van der Waals surface area contributed by atoms with Crippen LogP contribution in [0.1, 0.15) is 19.8 Å². The predicted octanol–water partition coefficient (Wildman–Crippen LogP) is 0.511. The lowest BCUT2D eigenvalue weighted by Crippen LogP contribution is -2.45.